The number of benzene rings is 3. The third-order valence-corrected chi connectivity index (χ3v) is 9.11. The Balaban J connectivity index is 1.62. The van der Waals surface area contributed by atoms with Gasteiger partial charge in [-0.3, -0.25) is 4.98 Å². The molecule has 0 amide bonds. The number of anilines is 1. The quantitative estimate of drug-likeness (QED) is 0.161. The van der Waals surface area contributed by atoms with Crippen molar-refractivity contribution < 1.29 is 28.5 Å². The molecule has 5 rings (SSSR count). The van der Waals surface area contributed by atoms with E-state index in [1.165, 1.54) is 12.1 Å². The molecule has 7 nitrogen and oxygen atoms in total. The molecule has 1 aliphatic rings. The molecule has 4 aromatic rings. The summed E-state index contributed by atoms with van der Waals surface area (Å²) >= 11 is 0. The maximum Gasteiger partial charge on any atom is 0.337 e. The number of carboxylic acids is 1. The van der Waals surface area contributed by atoms with Gasteiger partial charge >= 0.3 is 5.97 Å². The molecule has 1 N–H and O–H groups in total. The number of hydrogen-bond donors (Lipinski definition) is 1. The van der Waals surface area contributed by atoms with Crippen molar-refractivity contribution in [2.24, 2.45) is 5.41 Å². The standard InChI is InChI=1S/C41H49FN2O5/c1-27-35(38(39(45)46)49-40(2,3)4)37(44-23-21-41(5,6)22-24-44)36(34(43-27)26-29-10-16-32(47-7)17-11-29)30-12-18-33(19-13-30)48-25-20-28-8-14-31(42)15-9-28/h8-19,38H,20-26H2,1-7H3,(H,45,46)/t38-/m0/s1. The van der Waals surface area contributed by atoms with Crippen molar-refractivity contribution in [3.05, 3.63) is 107 Å². The highest BCUT2D eigenvalue weighted by Gasteiger charge is 2.37. The summed E-state index contributed by atoms with van der Waals surface area (Å²) in [5, 5.41) is 10.6. The Morgan fingerprint density at radius 1 is 0.939 bits per heavy atom. The number of rotatable bonds is 12. The Morgan fingerprint density at radius 2 is 1.53 bits per heavy atom. The van der Waals surface area contributed by atoms with Gasteiger partial charge in [-0.15, -0.1) is 0 Å². The van der Waals surface area contributed by atoms with Gasteiger partial charge in [0.2, 0.25) is 0 Å². The van der Waals surface area contributed by atoms with Gasteiger partial charge in [0, 0.05) is 42.8 Å². The van der Waals surface area contributed by atoms with Crippen LogP contribution in [0.25, 0.3) is 11.1 Å². The number of ether oxygens (including phenoxy) is 3. The third-order valence-electron chi connectivity index (χ3n) is 9.11. The molecule has 0 spiro atoms. The topological polar surface area (TPSA) is 81.1 Å². The number of aromatic nitrogens is 1. The molecule has 1 aliphatic heterocycles. The molecule has 1 fully saturated rings. The molecule has 0 radical (unpaired) electrons. The highest BCUT2D eigenvalue weighted by molar-refractivity contribution is 5.88. The summed E-state index contributed by atoms with van der Waals surface area (Å²) in [6, 6.07) is 22.4. The zero-order valence-corrected chi connectivity index (χ0v) is 29.8. The van der Waals surface area contributed by atoms with Gasteiger partial charge in [0.05, 0.1) is 30.7 Å². The van der Waals surface area contributed by atoms with E-state index in [-0.39, 0.29) is 11.2 Å². The zero-order valence-electron chi connectivity index (χ0n) is 29.8. The molecule has 0 bridgehead atoms. The van der Waals surface area contributed by atoms with Gasteiger partial charge in [-0.05, 0) is 99.0 Å². The molecule has 8 heteroatoms. The Morgan fingerprint density at radius 3 is 2.10 bits per heavy atom. The van der Waals surface area contributed by atoms with Gasteiger partial charge < -0.3 is 24.2 Å². The number of aryl methyl sites for hydroxylation is 1. The van der Waals surface area contributed by atoms with Gasteiger partial charge in [0.15, 0.2) is 6.10 Å². The van der Waals surface area contributed by atoms with Crippen LogP contribution in [0.3, 0.4) is 0 Å². The number of carbonyl (C=O) groups is 1. The number of aliphatic carboxylic acids is 1. The summed E-state index contributed by atoms with van der Waals surface area (Å²) in [5.74, 6) is 0.187. The minimum absolute atomic E-state index is 0.186. The predicted molar refractivity (Wildman–Crippen MR) is 192 cm³/mol. The van der Waals surface area contributed by atoms with Gasteiger partial charge in [-0.2, -0.15) is 0 Å². The monoisotopic (exact) mass is 668 g/mol. The highest BCUT2D eigenvalue weighted by Crippen LogP contribution is 2.45. The molecule has 1 atom stereocenters. The summed E-state index contributed by atoms with van der Waals surface area (Å²) in [6.07, 6.45) is 1.93. The lowest BCUT2D eigenvalue weighted by molar-refractivity contribution is -0.160. The van der Waals surface area contributed by atoms with Crippen LogP contribution >= 0.6 is 0 Å². The fourth-order valence-electron chi connectivity index (χ4n) is 6.35. The van der Waals surface area contributed by atoms with Crippen molar-refractivity contribution in [2.75, 3.05) is 31.7 Å². The van der Waals surface area contributed by atoms with Crippen LogP contribution in [-0.2, 0) is 22.4 Å². The van der Waals surface area contributed by atoms with E-state index >= 15 is 0 Å². The molecular formula is C41H49FN2O5. The average Bonchev–Trinajstić information content (AvgIpc) is 3.05. The highest BCUT2D eigenvalue weighted by atomic mass is 19.1. The molecule has 0 saturated carbocycles. The van der Waals surface area contributed by atoms with Crippen molar-refractivity contribution in [1.82, 2.24) is 4.98 Å². The Kier molecular flexibility index (Phi) is 11.0. The molecular weight excluding hydrogens is 619 g/mol. The van der Waals surface area contributed by atoms with Gasteiger partial charge in [0.25, 0.3) is 0 Å². The summed E-state index contributed by atoms with van der Waals surface area (Å²) in [7, 11) is 1.65. The van der Waals surface area contributed by atoms with Crippen LogP contribution in [-0.4, -0.2) is 48.5 Å². The zero-order chi connectivity index (χ0) is 35.3. The minimum atomic E-state index is -1.21. The van der Waals surface area contributed by atoms with E-state index in [2.05, 4.69) is 18.7 Å². The van der Waals surface area contributed by atoms with Crippen LogP contribution in [0.4, 0.5) is 10.1 Å². The second kappa shape index (κ2) is 15.0. The lowest BCUT2D eigenvalue weighted by Crippen LogP contribution is -2.39. The van der Waals surface area contributed by atoms with E-state index in [1.807, 2.05) is 76.2 Å². The maximum absolute atomic E-state index is 13.3. The lowest BCUT2D eigenvalue weighted by Gasteiger charge is -2.41. The van der Waals surface area contributed by atoms with Gasteiger partial charge in [0.1, 0.15) is 17.3 Å². The van der Waals surface area contributed by atoms with Crippen LogP contribution in [0.1, 0.15) is 81.6 Å². The molecule has 49 heavy (non-hydrogen) atoms. The predicted octanol–water partition coefficient (Wildman–Crippen LogP) is 8.98. The van der Waals surface area contributed by atoms with Crippen molar-refractivity contribution >= 4 is 11.7 Å². The second-order valence-electron chi connectivity index (χ2n) is 14.7. The first-order valence-corrected chi connectivity index (χ1v) is 17.0. The van der Waals surface area contributed by atoms with Gasteiger partial charge in [-0.25, -0.2) is 9.18 Å². The van der Waals surface area contributed by atoms with E-state index in [1.54, 1.807) is 19.2 Å². The number of hydrogen-bond acceptors (Lipinski definition) is 6. The number of nitrogens with zero attached hydrogens (tertiary/aromatic N) is 2. The Labute approximate surface area is 290 Å². The molecule has 260 valence electrons. The first-order chi connectivity index (χ1) is 23.2. The Bertz CT molecular complexity index is 1720. The first kappa shape index (κ1) is 35.9. The molecule has 0 unspecified atom stereocenters. The number of piperidine rings is 1. The lowest BCUT2D eigenvalue weighted by atomic mass is 9.81. The van der Waals surface area contributed by atoms with Crippen LogP contribution in [0.15, 0.2) is 72.8 Å². The smallest absolute Gasteiger partial charge is 0.337 e. The van der Waals surface area contributed by atoms with Crippen molar-refractivity contribution in [3.63, 3.8) is 0 Å². The fraction of sp³-hybridized carbons (Fsp3) is 0.415. The molecule has 3 aromatic carbocycles. The van der Waals surface area contributed by atoms with Crippen LogP contribution in [0, 0.1) is 18.2 Å². The Hall–Kier alpha value is -4.43. The minimum Gasteiger partial charge on any atom is -0.497 e. The van der Waals surface area contributed by atoms with Crippen molar-refractivity contribution in [1.29, 1.82) is 0 Å². The molecule has 1 saturated heterocycles. The second-order valence-corrected chi connectivity index (χ2v) is 14.7. The van der Waals surface area contributed by atoms with Crippen LogP contribution in [0.2, 0.25) is 0 Å². The molecule has 2 heterocycles. The van der Waals surface area contributed by atoms with E-state index in [0.29, 0.717) is 36.5 Å². The fourth-order valence-corrected chi connectivity index (χ4v) is 6.35. The number of carboxylic acid groups (broad SMARTS) is 1. The van der Waals surface area contributed by atoms with E-state index < -0.39 is 17.7 Å². The average molecular weight is 669 g/mol. The number of halogens is 1. The van der Waals surface area contributed by atoms with Crippen molar-refractivity contribution in [2.45, 2.75) is 78.9 Å². The summed E-state index contributed by atoms with van der Waals surface area (Å²) in [5.41, 5.74) is 6.33. The normalized spacial score (nSPS) is 15.1. The van der Waals surface area contributed by atoms with E-state index in [9.17, 15) is 14.3 Å². The molecule has 1 aromatic heterocycles. The maximum atomic E-state index is 13.3. The van der Waals surface area contributed by atoms with E-state index in [4.69, 9.17) is 19.2 Å². The SMILES string of the molecule is COc1ccc(Cc2nc(C)c([C@H](OC(C)(C)C)C(=O)O)c(N3CCC(C)(C)CC3)c2-c2ccc(OCCc3ccc(F)cc3)cc2)cc1. The largest absolute Gasteiger partial charge is 0.497 e. The number of pyridine rings is 1. The van der Waals surface area contributed by atoms with Gasteiger partial charge in [-0.1, -0.05) is 50.2 Å². The van der Waals surface area contributed by atoms with Crippen LogP contribution < -0.4 is 14.4 Å². The van der Waals surface area contributed by atoms with Crippen LogP contribution in [0.5, 0.6) is 11.5 Å². The van der Waals surface area contributed by atoms with E-state index in [0.717, 1.165) is 65.3 Å². The summed E-state index contributed by atoms with van der Waals surface area (Å²) in [4.78, 5) is 20.5. The first-order valence-electron chi connectivity index (χ1n) is 17.0. The summed E-state index contributed by atoms with van der Waals surface area (Å²) < 4.78 is 31.1. The third kappa shape index (κ3) is 9.18. The molecule has 0 aliphatic carbocycles. The summed E-state index contributed by atoms with van der Waals surface area (Å²) in [6.45, 7) is 14.1. The van der Waals surface area contributed by atoms with Crippen molar-refractivity contribution in [3.8, 4) is 22.6 Å². The number of methoxy groups -OCH3 is 1.